The van der Waals surface area contributed by atoms with Crippen molar-refractivity contribution in [2.75, 3.05) is 0 Å². The molecule has 0 amide bonds. The summed E-state index contributed by atoms with van der Waals surface area (Å²) < 4.78 is 15.7. The van der Waals surface area contributed by atoms with Crippen LogP contribution in [0.25, 0.3) is 20.6 Å². The van der Waals surface area contributed by atoms with E-state index >= 15 is 0 Å². The molecule has 1 atom stereocenters. The summed E-state index contributed by atoms with van der Waals surface area (Å²) in [7, 11) is -3.30. The molecule has 8 heteroatoms. The van der Waals surface area contributed by atoms with Gasteiger partial charge in [0, 0.05) is 17.0 Å². The summed E-state index contributed by atoms with van der Waals surface area (Å²) in [4.78, 5) is 5.70. The normalized spacial score (nSPS) is 14.4. The zero-order valence-electron chi connectivity index (χ0n) is 15.9. The second-order valence-corrected chi connectivity index (χ2v) is 13.3. The second-order valence-electron chi connectivity index (χ2n) is 6.51. The van der Waals surface area contributed by atoms with Gasteiger partial charge < -0.3 is 4.57 Å². The van der Waals surface area contributed by atoms with Crippen molar-refractivity contribution in [3.8, 4) is 10.6 Å². The van der Waals surface area contributed by atoms with Crippen molar-refractivity contribution in [3.63, 3.8) is 0 Å². The lowest BCUT2D eigenvalue weighted by Crippen LogP contribution is -2.01. The van der Waals surface area contributed by atoms with Crippen LogP contribution in [0.1, 0.15) is 11.1 Å². The van der Waals surface area contributed by atoms with Gasteiger partial charge in [-0.2, -0.15) is 0 Å². The third-order valence-electron chi connectivity index (χ3n) is 4.33. The van der Waals surface area contributed by atoms with Gasteiger partial charge in [-0.25, -0.2) is 4.98 Å². The van der Waals surface area contributed by atoms with E-state index in [2.05, 4.69) is 15.9 Å². The minimum atomic E-state index is -3.30. The number of rotatable bonds is 6. The first kappa shape index (κ1) is 22.7. The Bertz CT molecular complexity index is 1240. The number of thiazole rings is 1. The van der Waals surface area contributed by atoms with Crippen LogP contribution in [0.2, 0.25) is 0 Å². The predicted octanol–water partition coefficient (Wildman–Crippen LogP) is 9.10. The Balaban J connectivity index is 1.81. The predicted molar refractivity (Wildman–Crippen MR) is 141 cm³/mol. The molecule has 0 fully saturated rings. The van der Waals surface area contributed by atoms with Crippen LogP contribution in [0.3, 0.4) is 0 Å². The number of nitrogens with zero attached hydrogens (tertiary/aromatic N) is 1. The molecule has 0 aliphatic heterocycles. The molecule has 31 heavy (non-hydrogen) atoms. The van der Waals surface area contributed by atoms with Crippen molar-refractivity contribution < 1.29 is 4.57 Å². The van der Waals surface area contributed by atoms with Crippen molar-refractivity contribution in [2.24, 2.45) is 0 Å². The Morgan fingerprint density at radius 1 is 0.871 bits per heavy atom. The van der Waals surface area contributed by atoms with E-state index in [-0.39, 0.29) is 0 Å². The largest absolute Gasteiger partial charge is 0.307 e. The molecule has 0 saturated heterocycles. The maximum atomic E-state index is 14.3. The van der Waals surface area contributed by atoms with Gasteiger partial charge >= 0.3 is 0 Å². The van der Waals surface area contributed by atoms with E-state index < -0.39 is 7.14 Å². The molecule has 1 unspecified atom stereocenters. The molecule has 0 saturated carbocycles. The van der Waals surface area contributed by atoms with Gasteiger partial charge in [0.1, 0.15) is 0 Å². The highest BCUT2D eigenvalue weighted by molar-refractivity contribution is 9.11. The number of benzene rings is 2. The summed E-state index contributed by atoms with van der Waals surface area (Å²) in [6, 6.07) is 22.8. The lowest BCUT2D eigenvalue weighted by molar-refractivity contribution is 0.592. The van der Waals surface area contributed by atoms with Crippen molar-refractivity contribution in [1.29, 1.82) is 0 Å². The highest BCUT2D eigenvalue weighted by atomic mass is 79.9. The van der Waals surface area contributed by atoms with Crippen molar-refractivity contribution in [2.45, 2.75) is 0 Å². The molecule has 0 N–H and O–H groups in total. The quantitative estimate of drug-likeness (QED) is 0.218. The number of halogens is 3. The third kappa shape index (κ3) is 5.48. The zero-order valence-corrected chi connectivity index (χ0v) is 21.5. The fourth-order valence-electron chi connectivity index (χ4n) is 2.82. The first-order valence-electron chi connectivity index (χ1n) is 9.13. The fraction of sp³-hybridized carbons (Fsp3) is 0. The maximum absolute atomic E-state index is 14.3. The van der Waals surface area contributed by atoms with Gasteiger partial charge in [0.15, 0.2) is 11.9 Å². The summed E-state index contributed by atoms with van der Waals surface area (Å²) in [5.41, 5.74) is 2.35. The van der Waals surface area contributed by atoms with E-state index in [9.17, 15) is 4.57 Å². The highest BCUT2D eigenvalue weighted by Crippen LogP contribution is 2.54. The molecule has 2 aromatic heterocycles. The molecular formula is C23H15BrCl2NOPS2. The summed E-state index contributed by atoms with van der Waals surface area (Å²) in [5.74, 6) is 3.17. The number of hydrogen-bond donors (Lipinski definition) is 0. The second kappa shape index (κ2) is 9.99. The molecule has 0 bridgehead atoms. The van der Waals surface area contributed by atoms with Gasteiger partial charge in [-0.3, -0.25) is 0 Å². The Morgan fingerprint density at radius 2 is 1.42 bits per heavy atom. The molecule has 4 aromatic rings. The lowest BCUT2D eigenvalue weighted by atomic mass is 10.2. The average molecular weight is 567 g/mol. The van der Waals surface area contributed by atoms with Gasteiger partial charge in [-0.15, -0.1) is 22.7 Å². The average Bonchev–Trinajstić information content (AvgIpc) is 3.44. The number of thiophene rings is 1. The molecule has 0 spiro atoms. The van der Waals surface area contributed by atoms with E-state index in [1.807, 2.05) is 78.2 Å². The zero-order chi connectivity index (χ0) is 21.8. The van der Waals surface area contributed by atoms with E-state index in [0.717, 1.165) is 25.5 Å². The van der Waals surface area contributed by atoms with Crippen LogP contribution in [0, 0.1) is 0 Å². The Hall–Kier alpha value is -1.46. The molecule has 2 aromatic carbocycles. The molecular weight excluding hydrogens is 552 g/mol. The summed E-state index contributed by atoms with van der Waals surface area (Å²) in [6.45, 7) is 0. The lowest BCUT2D eigenvalue weighted by Gasteiger charge is -2.10. The summed E-state index contributed by atoms with van der Waals surface area (Å²) in [6.07, 6.45) is 0. The van der Waals surface area contributed by atoms with Crippen LogP contribution in [0.15, 0.2) is 93.6 Å². The smallest absolute Gasteiger partial charge is 0.187 e. The molecule has 0 aliphatic carbocycles. The van der Waals surface area contributed by atoms with E-state index in [4.69, 9.17) is 28.2 Å². The number of hydrogen-bond acceptors (Lipinski definition) is 4. The third-order valence-corrected chi connectivity index (χ3v) is 10.7. The molecule has 4 rings (SSSR count). The van der Waals surface area contributed by atoms with Crippen LogP contribution in [0.5, 0.6) is 0 Å². The topological polar surface area (TPSA) is 30.0 Å². The fourth-order valence-corrected chi connectivity index (χ4v) is 8.57. The van der Waals surface area contributed by atoms with Crippen LogP contribution in [-0.2, 0) is 4.57 Å². The van der Waals surface area contributed by atoms with Gasteiger partial charge in [-0.1, -0.05) is 83.9 Å². The maximum Gasteiger partial charge on any atom is 0.187 e. The van der Waals surface area contributed by atoms with Crippen LogP contribution in [-0.4, -0.2) is 4.98 Å². The van der Waals surface area contributed by atoms with E-state index in [1.165, 1.54) is 11.3 Å². The Labute approximate surface area is 207 Å². The van der Waals surface area contributed by atoms with Gasteiger partial charge in [0.25, 0.3) is 0 Å². The molecule has 0 aliphatic rings. The number of aromatic nitrogens is 1. The first-order chi connectivity index (χ1) is 14.9. The Morgan fingerprint density at radius 3 is 1.90 bits per heavy atom. The molecule has 2 heterocycles. The SMILES string of the molecule is O=P(/C=C(\Cl)c1ccccc1)(/C=C(/Cl)c1ccccc1)c1nc(-c2ccc(Br)s2)cs1. The van der Waals surface area contributed by atoms with Crippen molar-refractivity contribution in [3.05, 3.63) is 105 Å². The van der Waals surface area contributed by atoms with Gasteiger partial charge in [0.05, 0.1) is 24.4 Å². The minimum Gasteiger partial charge on any atom is -0.307 e. The molecule has 2 nitrogen and oxygen atoms in total. The first-order valence-corrected chi connectivity index (χ1v) is 14.2. The van der Waals surface area contributed by atoms with Crippen LogP contribution >= 0.6 is 68.9 Å². The van der Waals surface area contributed by atoms with E-state index in [1.54, 1.807) is 23.0 Å². The standard InChI is InChI=1S/C23H15BrCl2NOPS2/c24-22-12-11-21(31-22)20-15-30-23(27-20)29(28,13-18(25)16-7-3-1-4-8-16)14-19(26)17-9-5-2-6-10-17/h1-15H/b18-13-,19-14+. The Kier molecular flexibility index (Phi) is 7.33. The van der Waals surface area contributed by atoms with Crippen molar-refractivity contribution in [1.82, 2.24) is 4.98 Å². The molecule has 156 valence electrons. The minimum absolute atomic E-state index is 0.397. The van der Waals surface area contributed by atoms with Crippen LogP contribution < -0.4 is 4.75 Å². The van der Waals surface area contributed by atoms with Gasteiger partial charge in [-0.05, 0) is 39.2 Å². The van der Waals surface area contributed by atoms with Crippen molar-refractivity contribution >= 4 is 83.8 Å². The highest BCUT2D eigenvalue weighted by Gasteiger charge is 2.26. The van der Waals surface area contributed by atoms with Crippen LogP contribution in [0.4, 0.5) is 0 Å². The summed E-state index contributed by atoms with van der Waals surface area (Å²) >= 11 is 19.6. The molecule has 0 radical (unpaired) electrons. The van der Waals surface area contributed by atoms with Gasteiger partial charge in [0.2, 0.25) is 0 Å². The monoisotopic (exact) mass is 565 g/mol. The summed E-state index contributed by atoms with van der Waals surface area (Å²) in [5, 5.41) is 2.70. The van der Waals surface area contributed by atoms with E-state index in [0.29, 0.717) is 14.8 Å².